The fraction of sp³-hybridized carbons (Fsp3) is 0.514. The molecule has 5 rings (SSSR count). The van der Waals surface area contributed by atoms with E-state index in [1.807, 2.05) is 43.3 Å². The van der Waals surface area contributed by atoms with Crippen molar-refractivity contribution in [3.63, 3.8) is 0 Å². The van der Waals surface area contributed by atoms with Crippen LogP contribution in [0.1, 0.15) is 48.4 Å². The lowest BCUT2D eigenvalue weighted by Gasteiger charge is -2.37. The highest BCUT2D eigenvalue weighted by atomic mass is 16.6. The van der Waals surface area contributed by atoms with Crippen LogP contribution in [0.3, 0.4) is 0 Å². The summed E-state index contributed by atoms with van der Waals surface area (Å²) in [5.41, 5.74) is 4.37. The van der Waals surface area contributed by atoms with E-state index in [0.29, 0.717) is 30.4 Å². The molecule has 10 atom stereocenters. The zero-order chi connectivity index (χ0) is 33.9. The van der Waals surface area contributed by atoms with E-state index in [2.05, 4.69) is 23.7 Å². The van der Waals surface area contributed by atoms with Gasteiger partial charge in [0.15, 0.2) is 0 Å². The summed E-state index contributed by atoms with van der Waals surface area (Å²) in [6, 6.07) is 11.4. The summed E-state index contributed by atoms with van der Waals surface area (Å²) in [5.74, 6) is 11.7. The Morgan fingerprint density at radius 1 is 0.723 bits per heavy atom. The molecular formula is C35H40O12. The molecule has 2 aliphatic heterocycles. The standard InChI is InChI=1S/C35H40O12/c1-2-11-35(12-13-45-18-38)23-14-19(5-9-25-29(39)33(43)31(41)27(16-36)46-25)3-7-21(23)22-8-4-20(15-24(22)35)6-10-26-30(40)34(44)32(42)28(17-37)47-26/h3-4,7-8,14-15,18,25-34,36-37,39-44H,2,11-13,16-17H2,1H3/t25?,26?,27?,28?,29?,30?,31-,32-,33?,34?,35?/m1/s1. The molecule has 3 aliphatic rings. The summed E-state index contributed by atoms with van der Waals surface area (Å²) in [5, 5.41) is 80.4. The number of ether oxygens (including phenoxy) is 3. The van der Waals surface area contributed by atoms with Crippen molar-refractivity contribution in [1.82, 2.24) is 0 Å². The minimum absolute atomic E-state index is 0.143. The van der Waals surface area contributed by atoms with Crippen LogP contribution in [0.15, 0.2) is 36.4 Å². The Bertz CT molecular complexity index is 1450. The Balaban J connectivity index is 1.51. The predicted octanol–water partition coefficient (Wildman–Crippen LogP) is -1.30. The van der Waals surface area contributed by atoms with Crippen LogP contribution in [0, 0.1) is 23.7 Å². The summed E-state index contributed by atoms with van der Waals surface area (Å²) in [6.07, 6.45) is -11.6. The number of aliphatic hydroxyl groups excluding tert-OH is 8. The van der Waals surface area contributed by atoms with Gasteiger partial charge in [-0.3, -0.25) is 4.79 Å². The zero-order valence-electron chi connectivity index (χ0n) is 25.8. The van der Waals surface area contributed by atoms with Crippen LogP contribution < -0.4 is 0 Å². The minimum atomic E-state index is -1.54. The summed E-state index contributed by atoms with van der Waals surface area (Å²) in [4.78, 5) is 11.1. The average Bonchev–Trinajstić information content (AvgIpc) is 3.34. The van der Waals surface area contributed by atoms with Crippen molar-refractivity contribution in [2.45, 2.75) is 92.6 Å². The molecule has 8 unspecified atom stereocenters. The maximum absolute atomic E-state index is 11.1. The van der Waals surface area contributed by atoms with E-state index >= 15 is 0 Å². The molecule has 0 radical (unpaired) electrons. The number of hydrogen-bond acceptors (Lipinski definition) is 12. The first kappa shape index (κ1) is 35.0. The van der Waals surface area contributed by atoms with E-state index < -0.39 is 79.7 Å². The fourth-order valence-electron chi connectivity index (χ4n) is 6.77. The lowest BCUT2D eigenvalue weighted by molar-refractivity contribution is -0.214. The van der Waals surface area contributed by atoms with Crippen molar-refractivity contribution in [1.29, 1.82) is 0 Å². The van der Waals surface area contributed by atoms with Gasteiger partial charge in [0, 0.05) is 16.5 Å². The van der Waals surface area contributed by atoms with Crippen LogP contribution in [0.2, 0.25) is 0 Å². The van der Waals surface area contributed by atoms with Gasteiger partial charge in [-0.15, -0.1) is 0 Å². The largest absolute Gasteiger partial charge is 0.468 e. The number of aliphatic hydroxyl groups is 8. The molecule has 1 aliphatic carbocycles. The smallest absolute Gasteiger partial charge is 0.293 e. The monoisotopic (exact) mass is 652 g/mol. The molecule has 0 saturated carbocycles. The summed E-state index contributed by atoms with van der Waals surface area (Å²) >= 11 is 0. The van der Waals surface area contributed by atoms with Crippen LogP contribution in [-0.2, 0) is 24.4 Å². The van der Waals surface area contributed by atoms with Crippen LogP contribution in [-0.4, -0.2) is 128 Å². The SMILES string of the molecule is CCCC1(CCOC=O)c2cc(C#CC3OC(CO)[C@@H](O)C(O)C3O)ccc2-c2ccc(C#CC3OC(CO)[C@@H](O)C(O)C3O)cc21. The van der Waals surface area contributed by atoms with Gasteiger partial charge in [-0.2, -0.15) is 0 Å². The lowest BCUT2D eigenvalue weighted by atomic mass is 9.72. The minimum Gasteiger partial charge on any atom is -0.468 e. The Labute approximate surface area is 272 Å². The van der Waals surface area contributed by atoms with Crippen molar-refractivity contribution >= 4 is 6.47 Å². The molecule has 252 valence electrons. The van der Waals surface area contributed by atoms with Gasteiger partial charge in [-0.1, -0.05) is 49.2 Å². The molecule has 0 spiro atoms. The molecule has 2 saturated heterocycles. The molecule has 2 aromatic rings. The van der Waals surface area contributed by atoms with Crippen molar-refractivity contribution in [3.05, 3.63) is 58.7 Å². The molecular weight excluding hydrogens is 612 g/mol. The quantitative estimate of drug-likeness (QED) is 0.0952. The molecule has 0 aromatic heterocycles. The predicted molar refractivity (Wildman–Crippen MR) is 165 cm³/mol. The number of hydrogen-bond donors (Lipinski definition) is 8. The van der Waals surface area contributed by atoms with E-state index in [9.17, 15) is 45.6 Å². The number of fused-ring (bicyclic) bond motifs is 3. The Hall–Kier alpha value is -3.37. The summed E-state index contributed by atoms with van der Waals surface area (Å²) < 4.78 is 16.2. The topological polar surface area (TPSA) is 207 Å². The highest BCUT2D eigenvalue weighted by Crippen LogP contribution is 2.53. The van der Waals surface area contributed by atoms with Gasteiger partial charge >= 0.3 is 0 Å². The fourth-order valence-corrected chi connectivity index (χ4v) is 6.77. The van der Waals surface area contributed by atoms with E-state index in [4.69, 9.17) is 14.2 Å². The number of carbonyl (C=O) groups excluding carboxylic acids is 1. The van der Waals surface area contributed by atoms with Crippen LogP contribution in [0.25, 0.3) is 11.1 Å². The maximum Gasteiger partial charge on any atom is 0.293 e. The second-order valence-electron chi connectivity index (χ2n) is 12.1. The van der Waals surface area contributed by atoms with Gasteiger partial charge in [-0.25, -0.2) is 0 Å². The van der Waals surface area contributed by atoms with Crippen molar-refractivity contribution < 1.29 is 59.9 Å². The molecule has 2 heterocycles. The summed E-state index contributed by atoms with van der Waals surface area (Å²) in [6.45, 7) is 1.48. The third-order valence-corrected chi connectivity index (χ3v) is 9.25. The van der Waals surface area contributed by atoms with Crippen LogP contribution in [0.4, 0.5) is 0 Å². The Morgan fingerprint density at radius 3 is 1.60 bits per heavy atom. The Morgan fingerprint density at radius 2 is 1.19 bits per heavy atom. The molecule has 8 N–H and O–H groups in total. The maximum atomic E-state index is 11.1. The molecule has 47 heavy (non-hydrogen) atoms. The first-order chi connectivity index (χ1) is 22.6. The van der Waals surface area contributed by atoms with Crippen LogP contribution in [0.5, 0.6) is 0 Å². The molecule has 12 nitrogen and oxygen atoms in total. The number of benzene rings is 2. The van der Waals surface area contributed by atoms with Gasteiger partial charge in [0.05, 0.1) is 19.8 Å². The second-order valence-corrected chi connectivity index (χ2v) is 12.1. The van der Waals surface area contributed by atoms with E-state index in [0.717, 1.165) is 28.7 Å². The third-order valence-electron chi connectivity index (χ3n) is 9.25. The van der Waals surface area contributed by atoms with Gasteiger partial charge in [0.1, 0.15) is 61.0 Å². The van der Waals surface area contributed by atoms with Crippen LogP contribution >= 0.6 is 0 Å². The second kappa shape index (κ2) is 14.8. The molecule has 12 heteroatoms. The third kappa shape index (κ3) is 6.68. The normalized spacial score (nSPS) is 34.2. The highest BCUT2D eigenvalue weighted by molar-refractivity contribution is 5.82. The van der Waals surface area contributed by atoms with E-state index in [-0.39, 0.29) is 6.61 Å². The van der Waals surface area contributed by atoms with Crippen molar-refractivity contribution in [2.24, 2.45) is 0 Å². The molecule has 0 amide bonds. The Kier molecular flexibility index (Phi) is 11.0. The van der Waals surface area contributed by atoms with Crippen molar-refractivity contribution in [3.8, 4) is 34.8 Å². The van der Waals surface area contributed by atoms with Crippen molar-refractivity contribution in [2.75, 3.05) is 19.8 Å². The van der Waals surface area contributed by atoms with E-state index in [1.165, 1.54) is 0 Å². The first-order valence-corrected chi connectivity index (χ1v) is 15.6. The van der Waals surface area contributed by atoms with Gasteiger partial charge < -0.3 is 55.1 Å². The average molecular weight is 653 g/mol. The first-order valence-electron chi connectivity index (χ1n) is 15.6. The number of carbonyl (C=O) groups is 1. The highest BCUT2D eigenvalue weighted by Gasteiger charge is 2.45. The van der Waals surface area contributed by atoms with E-state index in [1.54, 1.807) is 0 Å². The molecule has 2 aromatic carbocycles. The summed E-state index contributed by atoms with van der Waals surface area (Å²) in [7, 11) is 0. The lowest BCUT2D eigenvalue weighted by Crippen LogP contribution is -2.58. The van der Waals surface area contributed by atoms with Gasteiger partial charge in [0.25, 0.3) is 6.47 Å². The van der Waals surface area contributed by atoms with Gasteiger partial charge in [-0.05, 0) is 59.4 Å². The zero-order valence-corrected chi connectivity index (χ0v) is 25.8. The number of rotatable bonds is 8. The van der Waals surface area contributed by atoms with Gasteiger partial charge in [0.2, 0.25) is 0 Å². The molecule has 0 bridgehead atoms. The molecule has 2 fully saturated rings.